The predicted octanol–water partition coefficient (Wildman–Crippen LogP) is 1.49. The van der Waals surface area contributed by atoms with E-state index in [1.54, 1.807) is 0 Å². The molecular weight excluding hydrogens is 116 g/mol. The molecule has 2 nitrogen and oxygen atoms in total. The summed E-state index contributed by atoms with van der Waals surface area (Å²) in [6.45, 7) is 10.0. The standard InChI is InChI=1S/C2H6.C2H4.C2H2.CO2/c3*1-2;2-1-3/h1-2H3;1-2H2;1-2H;. The van der Waals surface area contributed by atoms with Crippen molar-refractivity contribution in [2.45, 2.75) is 13.8 Å². The molecule has 0 heterocycles. The van der Waals surface area contributed by atoms with Crippen molar-refractivity contribution < 1.29 is 9.59 Å². The molecule has 0 bridgehead atoms. The summed E-state index contributed by atoms with van der Waals surface area (Å²) in [6.07, 6.45) is 8.25. The van der Waals surface area contributed by atoms with Crippen LogP contribution in [0.25, 0.3) is 0 Å². The Morgan fingerprint density at radius 1 is 1.11 bits per heavy atom. The predicted molar refractivity (Wildman–Crippen MR) is 37.5 cm³/mol. The van der Waals surface area contributed by atoms with E-state index in [-0.39, 0.29) is 6.15 Å². The number of hydrogen-bond donors (Lipinski definition) is 0. The molecule has 52 valence electrons. The summed E-state index contributed by atoms with van der Waals surface area (Å²) in [5.74, 6) is 0. The van der Waals surface area contributed by atoms with E-state index in [0.29, 0.717) is 0 Å². The highest BCUT2D eigenvalue weighted by Gasteiger charge is 1.13. The quantitative estimate of drug-likeness (QED) is 0.366. The lowest BCUT2D eigenvalue weighted by atomic mass is 11.0. The first-order valence-electron chi connectivity index (χ1n) is 2.24. The molecule has 0 aliphatic rings. The Hall–Kier alpha value is -1.32. The van der Waals surface area contributed by atoms with E-state index < -0.39 is 0 Å². The molecule has 0 aromatic rings. The Labute approximate surface area is 56.6 Å². The van der Waals surface area contributed by atoms with Crippen LogP contribution in [0.5, 0.6) is 0 Å². The molecule has 0 N–H and O–H groups in total. The summed E-state index contributed by atoms with van der Waals surface area (Å²) < 4.78 is 0. The normalized spacial score (nSPS) is 2.22. The lowest BCUT2D eigenvalue weighted by molar-refractivity contribution is -0.191. The van der Waals surface area contributed by atoms with Gasteiger partial charge in [0.05, 0.1) is 0 Å². The van der Waals surface area contributed by atoms with E-state index in [4.69, 9.17) is 9.59 Å². The molecule has 0 radical (unpaired) electrons. The minimum Gasteiger partial charge on any atom is -0.186 e. The third-order valence-electron chi connectivity index (χ3n) is 0. The fraction of sp³-hybridized carbons (Fsp3) is 0.286. The minimum atomic E-state index is 0.250. The summed E-state index contributed by atoms with van der Waals surface area (Å²) in [5, 5.41) is 0. The van der Waals surface area contributed by atoms with E-state index in [1.807, 2.05) is 13.8 Å². The van der Waals surface area contributed by atoms with E-state index in [9.17, 15) is 0 Å². The zero-order valence-corrected chi connectivity index (χ0v) is 5.89. The van der Waals surface area contributed by atoms with Crippen molar-refractivity contribution in [1.82, 2.24) is 0 Å². The van der Waals surface area contributed by atoms with Gasteiger partial charge >= 0.3 is 6.15 Å². The van der Waals surface area contributed by atoms with Crippen LogP contribution in [-0.4, -0.2) is 6.15 Å². The maximum absolute atomic E-state index is 8.12. The first-order valence-corrected chi connectivity index (χ1v) is 2.24. The Balaban J connectivity index is -0.0000000190. The Kier molecular flexibility index (Phi) is 5920. The molecule has 0 saturated heterocycles. The third kappa shape index (κ3) is 84.0. The van der Waals surface area contributed by atoms with Crippen molar-refractivity contribution in [2.75, 3.05) is 0 Å². The summed E-state index contributed by atoms with van der Waals surface area (Å²) in [4.78, 5) is 16.2. The molecular formula is C7H12O2. The summed E-state index contributed by atoms with van der Waals surface area (Å²) in [7, 11) is 0. The SMILES string of the molecule is C#C.C=C.CC.O=C=O. The van der Waals surface area contributed by atoms with Gasteiger partial charge in [0.2, 0.25) is 0 Å². The average Bonchev–Trinajstić information content (AvgIpc) is 2.01. The lowest BCUT2D eigenvalue weighted by Gasteiger charge is -1.07. The Morgan fingerprint density at radius 3 is 1.11 bits per heavy atom. The van der Waals surface area contributed by atoms with Crippen molar-refractivity contribution in [1.29, 1.82) is 0 Å². The average molecular weight is 128 g/mol. The maximum Gasteiger partial charge on any atom is 0.373 e. The molecule has 0 aromatic heterocycles. The Morgan fingerprint density at radius 2 is 1.11 bits per heavy atom. The van der Waals surface area contributed by atoms with Crippen molar-refractivity contribution in [3.63, 3.8) is 0 Å². The van der Waals surface area contributed by atoms with Gasteiger partial charge in [-0.1, -0.05) is 13.8 Å². The van der Waals surface area contributed by atoms with Crippen LogP contribution < -0.4 is 0 Å². The number of hydrogen-bond acceptors (Lipinski definition) is 2. The maximum atomic E-state index is 8.12. The van der Waals surface area contributed by atoms with Gasteiger partial charge in [-0.05, 0) is 0 Å². The van der Waals surface area contributed by atoms with Gasteiger partial charge in [0.15, 0.2) is 0 Å². The first kappa shape index (κ1) is 25.3. The van der Waals surface area contributed by atoms with Crippen molar-refractivity contribution in [3.05, 3.63) is 13.2 Å². The second kappa shape index (κ2) is 2100. The van der Waals surface area contributed by atoms with Crippen LogP contribution >= 0.6 is 0 Å². The Bertz CT molecular complexity index is 58.6. The zero-order chi connectivity index (χ0) is 8.71. The van der Waals surface area contributed by atoms with Gasteiger partial charge < -0.3 is 0 Å². The summed E-state index contributed by atoms with van der Waals surface area (Å²) in [5.41, 5.74) is 0. The fourth-order valence-corrected chi connectivity index (χ4v) is 0. The second-order valence-corrected chi connectivity index (χ2v) is 0.0833. The molecule has 2 heteroatoms. The highest BCUT2D eigenvalue weighted by Crippen LogP contribution is 1.14. The van der Waals surface area contributed by atoms with Gasteiger partial charge in [-0.15, -0.1) is 26.0 Å². The third-order valence-corrected chi connectivity index (χ3v) is 0. The molecule has 0 amide bonds. The molecule has 0 unspecified atom stereocenters. The van der Waals surface area contributed by atoms with Crippen molar-refractivity contribution in [3.8, 4) is 12.8 Å². The van der Waals surface area contributed by atoms with Crippen LogP contribution in [0.1, 0.15) is 13.8 Å². The molecule has 0 rings (SSSR count). The van der Waals surface area contributed by atoms with E-state index >= 15 is 0 Å². The molecule has 0 saturated carbocycles. The van der Waals surface area contributed by atoms with E-state index in [1.165, 1.54) is 0 Å². The highest BCUT2D eigenvalue weighted by molar-refractivity contribution is 5.20. The van der Waals surface area contributed by atoms with Crippen molar-refractivity contribution in [2.24, 2.45) is 0 Å². The van der Waals surface area contributed by atoms with Crippen LogP contribution in [0.4, 0.5) is 0 Å². The van der Waals surface area contributed by atoms with Crippen LogP contribution in [0.3, 0.4) is 0 Å². The van der Waals surface area contributed by atoms with E-state index in [0.717, 1.165) is 0 Å². The summed E-state index contributed by atoms with van der Waals surface area (Å²) in [6, 6.07) is 0. The van der Waals surface area contributed by atoms with E-state index in [2.05, 4.69) is 26.0 Å². The zero-order valence-electron chi connectivity index (χ0n) is 5.89. The molecule has 0 atom stereocenters. The monoisotopic (exact) mass is 128 g/mol. The smallest absolute Gasteiger partial charge is 0.186 e. The fourth-order valence-electron chi connectivity index (χ4n) is 0. The largest absolute Gasteiger partial charge is 0.373 e. The molecule has 0 aliphatic heterocycles. The minimum absolute atomic E-state index is 0.250. The van der Waals surface area contributed by atoms with Gasteiger partial charge in [0.25, 0.3) is 0 Å². The molecule has 9 heavy (non-hydrogen) atoms. The molecule has 0 spiro atoms. The number of terminal acetylenes is 1. The van der Waals surface area contributed by atoms with Gasteiger partial charge in [-0.25, -0.2) is 0 Å². The van der Waals surface area contributed by atoms with Crippen LogP contribution in [-0.2, 0) is 9.59 Å². The number of carbonyl (C=O) groups excluding carboxylic acids is 2. The van der Waals surface area contributed by atoms with Gasteiger partial charge in [0.1, 0.15) is 0 Å². The number of rotatable bonds is 0. The first-order chi connectivity index (χ1) is 4.41. The van der Waals surface area contributed by atoms with Gasteiger partial charge in [-0.2, -0.15) is 9.59 Å². The second-order valence-electron chi connectivity index (χ2n) is 0.0833. The molecule has 0 aliphatic carbocycles. The summed E-state index contributed by atoms with van der Waals surface area (Å²) >= 11 is 0. The highest BCUT2D eigenvalue weighted by atomic mass is 16.2. The van der Waals surface area contributed by atoms with Gasteiger partial charge in [-0.3, -0.25) is 0 Å². The van der Waals surface area contributed by atoms with Crippen LogP contribution in [0.15, 0.2) is 13.2 Å². The van der Waals surface area contributed by atoms with Crippen LogP contribution in [0.2, 0.25) is 0 Å². The van der Waals surface area contributed by atoms with Gasteiger partial charge in [0, 0.05) is 0 Å². The van der Waals surface area contributed by atoms with Crippen LogP contribution in [0, 0.1) is 12.8 Å². The van der Waals surface area contributed by atoms with Crippen molar-refractivity contribution >= 4 is 6.15 Å². The topological polar surface area (TPSA) is 34.1 Å². The molecule has 0 fully saturated rings. The molecule has 0 aromatic carbocycles. The lowest BCUT2D eigenvalue weighted by Crippen LogP contribution is -1.22.